The number of hydrogen-bond donors (Lipinski definition) is 0. The first-order chi connectivity index (χ1) is 7.75. The number of halogens is 2. The summed E-state index contributed by atoms with van der Waals surface area (Å²) in [5.41, 5.74) is 1.30. The van der Waals surface area contributed by atoms with Gasteiger partial charge in [-0.05, 0) is 0 Å². The molecule has 98 valence electrons. The normalized spacial score (nSPS) is 8.74. The van der Waals surface area contributed by atoms with E-state index in [2.05, 4.69) is 68.2 Å². The first kappa shape index (κ1) is 21.2. The molecule has 4 heteroatoms. The van der Waals surface area contributed by atoms with Crippen LogP contribution in [0, 0.1) is 19.9 Å². The van der Waals surface area contributed by atoms with Crippen LogP contribution in [0.25, 0.3) is 10.8 Å². The van der Waals surface area contributed by atoms with Gasteiger partial charge in [0.15, 0.2) is 0 Å². The van der Waals surface area contributed by atoms with Crippen LogP contribution < -0.4 is 24.8 Å². The van der Waals surface area contributed by atoms with E-state index in [-0.39, 0.29) is 46.5 Å². The first-order valence-electron chi connectivity index (χ1n) is 5.40. The van der Waals surface area contributed by atoms with Crippen LogP contribution in [0.15, 0.2) is 48.3 Å². The van der Waals surface area contributed by atoms with Gasteiger partial charge in [-0.25, -0.2) is 19.8 Å². The van der Waals surface area contributed by atoms with Crippen molar-refractivity contribution in [2.75, 3.05) is 0 Å². The second-order valence-corrected chi connectivity index (χ2v) is 5.20. The molecule has 0 nitrogen and oxygen atoms in total. The molecule has 1 heterocycles. The van der Waals surface area contributed by atoms with E-state index in [1.807, 2.05) is 0 Å². The zero-order valence-corrected chi connectivity index (χ0v) is 14.9. The van der Waals surface area contributed by atoms with Gasteiger partial charge in [0, 0.05) is 0 Å². The Hall–Kier alpha value is -0.0957. The van der Waals surface area contributed by atoms with Crippen LogP contribution in [0.1, 0.15) is 10.9 Å². The van der Waals surface area contributed by atoms with Gasteiger partial charge in [0.25, 0.3) is 0 Å². The zero-order valence-electron chi connectivity index (χ0n) is 10.9. The van der Waals surface area contributed by atoms with Crippen molar-refractivity contribution in [1.82, 2.24) is 0 Å². The quantitative estimate of drug-likeness (QED) is 0.351. The van der Waals surface area contributed by atoms with Gasteiger partial charge in [0.1, 0.15) is 0 Å². The molecule has 0 aliphatic carbocycles. The maximum atomic E-state index is 3.21. The summed E-state index contributed by atoms with van der Waals surface area (Å²) in [6.07, 6.45) is 0. The molecule has 0 aliphatic rings. The summed E-state index contributed by atoms with van der Waals surface area (Å²) in [5.74, 6) is 2.22. The predicted octanol–water partition coefficient (Wildman–Crippen LogP) is -1.30. The molecule has 0 fully saturated rings. The smallest absolute Gasteiger partial charge is 1.00 e. The number of hydrogen-bond acceptors (Lipinski definition) is 0. The average molecular weight is 345 g/mol. The summed E-state index contributed by atoms with van der Waals surface area (Å²) >= 11 is 0. The van der Waals surface area contributed by atoms with Gasteiger partial charge in [-0.1, -0.05) is 19.9 Å². The third kappa shape index (κ3) is 6.75. The molecule has 1 aromatic heterocycles. The summed E-state index contributed by atoms with van der Waals surface area (Å²) in [6, 6.07) is 17.9. The van der Waals surface area contributed by atoms with Crippen molar-refractivity contribution in [1.29, 1.82) is 0 Å². The minimum atomic E-state index is 0. The number of rotatable bonds is 0. The molecule has 1 atom stereocenters. The Bertz CT molecular complexity index is 525. The van der Waals surface area contributed by atoms with Gasteiger partial charge < -0.3 is 24.8 Å². The van der Waals surface area contributed by atoms with Gasteiger partial charge in [0.2, 0.25) is 0 Å². The Balaban J connectivity index is 0. The van der Waals surface area contributed by atoms with Crippen LogP contribution in [0.3, 0.4) is 0 Å². The summed E-state index contributed by atoms with van der Waals surface area (Å²) in [6.45, 7) is 4.20. The number of benzene rings is 1. The molecule has 0 bridgehead atoms. The Labute approximate surface area is 144 Å². The molecule has 3 rings (SSSR count). The number of fused-ring (bicyclic) bond motifs is 1. The standard InChI is InChI=1S/C9H7.C6H8P.2ClH.Ti/c1-2-5-9-7-3-6-8(9)4-1;1-5-3-6(2)7-4-5;;;/h1-7H;4,7H,1-2H3;2*1H;/q2*-1;;;+4/p-2. The third-order valence-electron chi connectivity index (χ3n) is 2.44. The summed E-state index contributed by atoms with van der Waals surface area (Å²) in [5, 5.41) is 4.05. The largest absolute Gasteiger partial charge is 4.00 e. The van der Waals surface area contributed by atoms with Crippen molar-refractivity contribution < 1.29 is 46.5 Å². The molecule has 0 saturated carbocycles. The van der Waals surface area contributed by atoms with E-state index in [9.17, 15) is 0 Å². The van der Waals surface area contributed by atoms with E-state index in [1.165, 1.54) is 21.6 Å². The first-order valence-corrected chi connectivity index (χ1v) is 6.48. The minimum Gasteiger partial charge on any atom is -1.00 e. The van der Waals surface area contributed by atoms with Gasteiger partial charge in [-0.3, -0.25) is 0 Å². The van der Waals surface area contributed by atoms with Crippen LogP contribution in [-0.4, -0.2) is 0 Å². The Morgan fingerprint density at radius 1 is 1.05 bits per heavy atom. The van der Waals surface area contributed by atoms with Crippen molar-refractivity contribution in [3.05, 3.63) is 65.2 Å². The molecular weight excluding hydrogens is 330 g/mol. The van der Waals surface area contributed by atoms with Gasteiger partial charge in [-0.2, -0.15) is 23.3 Å². The fourth-order valence-electron chi connectivity index (χ4n) is 1.65. The van der Waals surface area contributed by atoms with Crippen molar-refractivity contribution in [2.24, 2.45) is 0 Å². The van der Waals surface area contributed by atoms with Crippen LogP contribution in [0.5, 0.6) is 0 Å². The molecule has 0 saturated heterocycles. The predicted molar refractivity (Wildman–Crippen MR) is 73.8 cm³/mol. The summed E-state index contributed by atoms with van der Waals surface area (Å²) in [7, 11) is 0.906. The number of aryl methyl sites for hydroxylation is 2. The monoisotopic (exact) mass is 344 g/mol. The maximum absolute atomic E-state index is 3.21. The van der Waals surface area contributed by atoms with Gasteiger partial charge >= 0.3 is 21.7 Å². The second-order valence-electron chi connectivity index (χ2n) is 3.88. The van der Waals surface area contributed by atoms with Gasteiger partial charge in [0.05, 0.1) is 0 Å². The molecule has 0 radical (unpaired) electrons. The van der Waals surface area contributed by atoms with E-state index in [1.54, 1.807) is 0 Å². The summed E-state index contributed by atoms with van der Waals surface area (Å²) in [4.78, 5) is 0. The van der Waals surface area contributed by atoms with Crippen molar-refractivity contribution in [3.63, 3.8) is 0 Å². The average Bonchev–Trinajstić information content (AvgIpc) is 2.88. The van der Waals surface area contributed by atoms with Crippen molar-refractivity contribution in [2.45, 2.75) is 13.8 Å². The van der Waals surface area contributed by atoms with Crippen LogP contribution in [0.4, 0.5) is 0 Å². The topological polar surface area (TPSA) is 0 Å². The van der Waals surface area contributed by atoms with E-state index in [0.29, 0.717) is 0 Å². The van der Waals surface area contributed by atoms with E-state index < -0.39 is 0 Å². The molecule has 0 N–H and O–H groups in total. The zero-order chi connectivity index (χ0) is 11.4. The fraction of sp³-hybridized carbons (Fsp3) is 0.133. The molecule has 0 aliphatic heterocycles. The maximum Gasteiger partial charge on any atom is 4.00 e. The SMILES string of the molecule is Cc1[c-]c(C)[pH]c1.[Cl-].[Cl-].[Ti+4].c1ccc2[cH-]ccc2c1. The fourth-order valence-corrected chi connectivity index (χ4v) is 2.43. The third-order valence-corrected chi connectivity index (χ3v) is 3.57. The van der Waals surface area contributed by atoms with Crippen LogP contribution >= 0.6 is 8.19 Å². The van der Waals surface area contributed by atoms with Crippen molar-refractivity contribution >= 4 is 19.0 Å². The van der Waals surface area contributed by atoms with E-state index in [4.69, 9.17) is 0 Å². The van der Waals surface area contributed by atoms with E-state index >= 15 is 0 Å². The van der Waals surface area contributed by atoms with E-state index in [0.717, 1.165) is 8.19 Å². The van der Waals surface area contributed by atoms with Crippen LogP contribution in [0.2, 0.25) is 0 Å². The molecule has 1 unspecified atom stereocenters. The Morgan fingerprint density at radius 2 is 1.74 bits per heavy atom. The molecule has 2 aromatic carbocycles. The summed E-state index contributed by atoms with van der Waals surface area (Å²) < 4.78 is 0. The minimum absolute atomic E-state index is 0. The second kappa shape index (κ2) is 10.7. The molecule has 0 amide bonds. The molecule has 19 heavy (non-hydrogen) atoms. The Morgan fingerprint density at radius 3 is 2.21 bits per heavy atom. The van der Waals surface area contributed by atoms with Crippen LogP contribution in [-0.2, 0) is 21.7 Å². The molecule has 0 spiro atoms. The Kier molecular flexibility index (Phi) is 11.9. The van der Waals surface area contributed by atoms with Crippen molar-refractivity contribution in [3.8, 4) is 0 Å². The van der Waals surface area contributed by atoms with Gasteiger partial charge in [-0.15, -0.1) is 34.9 Å². The molecule has 3 aromatic rings. The molecular formula is C15H15Cl2PTi.